The molecule has 0 bridgehead atoms. The number of rotatable bonds is 8. The van der Waals surface area contributed by atoms with Gasteiger partial charge in [0.2, 0.25) is 5.91 Å². The maximum absolute atomic E-state index is 12.1. The number of anilines is 2. The van der Waals surface area contributed by atoms with Crippen LogP contribution < -0.4 is 15.4 Å². The SMILES string of the molecule is Cc1ccc(OCC(=O)Nc2ccc(NC(=O)CCc3ccccc3)cc2)c(C)c1. The predicted octanol–water partition coefficient (Wildman–Crippen LogP) is 4.89. The zero-order valence-corrected chi connectivity index (χ0v) is 17.3. The summed E-state index contributed by atoms with van der Waals surface area (Å²) in [6, 6.07) is 22.8. The molecule has 0 heterocycles. The summed E-state index contributed by atoms with van der Waals surface area (Å²) in [4.78, 5) is 24.3. The Bertz CT molecular complexity index is 999. The average Bonchev–Trinajstić information content (AvgIpc) is 2.74. The molecule has 0 atom stereocenters. The number of ether oxygens (including phenoxy) is 1. The molecule has 5 heteroatoms. The first-order chi connectivity index (χ1) is 14.5. The molecule has 0 radical (unpaired) electrons. The number of carbonyl (C=O) groups is 2. The summed E-state index contributed by atoms with van der Waals surface area (Å²) in [5.41, 5.74) is 4.62. The summed E-state index contributed by atoms with van der Waals surface area (Å²) in [5.74, 6) is 0.413. The van der Waals surface area contributed by atoms with E-state index < -0.39 is 0 Å². The van der Waals surface area contributed by atoms with E-state index in [2.05, 4.69) is 10.6 Å². The summed E-state index contributed by atoms with van der Waals surface area (Å²) in [5, 5.41) is 5.67. The van der Waals surface area contributed by atoms with Crippen molar-refractivity contribution in [2.24, 2.45) is 0 Å². The second-order valence-electron chi connectivity index (χ2n) is 7.22. The Labute approximate surface area is 177 Å². The molecule has 0 fully saturated rings. The highest BCUT2D eigenvalue weighted by molar-refractivity contribution is 5.93. The summed E-state index contributed by atoms with van der Waals surface area (Å²) in [6.07, 6.45) is 1.11. The van der Waals surface area contributed by atoms with Gasteiger partial charge < -0.3 is 15.4 Å². The highest BCUT2D eigenvalue weighted by Crippen LogP contribution is 2.19. The number of benzene rings is 3. The molecule has 0 saturated carbocycles. The van der Waals surface area contributed by atoms with E-state index in [9.17, 15) is 9.59 Å². The molecule has 0 saturated heterocycles. The van der Waals surface area contributed by atoms with Crippen LogP contribution in [0.2, 0.25) is 0 Å². The van der Waals surface area contributed by atoms with E-state index in [4.69, 9.17) is 4.74 Å². The van der Waals surface area contributed by atoms with Crippen LogP contribution in [0.1, 0.15) is 23.1 Å². The van der Waals surface area contributed by atoms with Gasteiger partial charge in [-0.15, -0.1) is 0 Å². The standard InChI is InChI=1S/C25H26N2O3/c1-18-8-14-23(19(2)16-18)30-17-25(29)27-22-12-10-21(11-13-22)26-24(28)15-9-20-6-4-3-5-7-20/h3-8,10-14,16H,9,15,17H2,1-2H3,(H,26,28)(H,27,29). The zero-order valence-electron chi connectivity index (χ0n) is 17.3. The lowest BCUT2D eigenvalue weighted by Crippen LogP contribution is -2.20. The van der Waals surface area contributed by atoms with Gasteiger partial charge in [0.25, 0.3) is 5.91 Å². The van der Waals surface area contributed by atoms with E-state index in [1.807, 2.05) is 62.4 Å². The molecule has 0 aliphatic carbocycles. The predicted molar refractivity (Wildman–Crippen MR) is 120 cm³/mol. The van der Waals surface area contributed by atoms with Crippen LogP contribution in [0.5, 0.6) is 5.75 Å². The van der Waals surface area contributed by atoms with Crippen molar-refractivity contribution in [2.45, 2.75) is 26.7 Å². The molecule has 30 heavy (non-hydrogen) atoms. The molecule has 0 aliphatic heterocycles. The summed E-state index contributed by atoms with van der Waals surface area (Å²) in [6.45, 7) is 3.90. The van der Waals surface area contributed by atoms with Gasteiger partial charge >= 0.3 is 0 Å². The van der Waals surface area contributed by atoms with Gasteiger partial charge in [-0.2, -0.15) is 0 Å². The van der Waals surface area contributed by atoms with Gasteiger partial charge in [0.1, 0.15) is 5.75 Å². The fourth-order valence-electron chi connectivity index (χ4n) is 3.06. The van der Waals surface area contributed by atoms with Gasteiger partial charge in [-0.05, 0) is 61.7 Å². The van der Waals surface area contributed by atoms with Gasteiger partial charge in [0.15, 0.2) is 6.61 Å². The van der Waals surface area contributed by atoms with Crippen molar-refractivity contribution >= 4 is 23.2 Å². The van der Waals surface area contributed by atoms with Crippen molar-refractivity contribution in [1.82, 2.24) is 0 Å². The molecule has 3 rings (SSSR count). The molecule has 2 N–H and O–H groups in total. The van der Waals surface area contributed by atoms with Crippen molar-refractivity contribution < 1.29 is 14.3 Å². The van der Waals surface area contributed by atoms with E-state index in [-0.39, 0.29) is 18.4 Å². The van der Waals surface area contributed by atoms with Crippen LogP contribution in [-0.2, 0) is 16.0 Å². The molecule has 3 aromatic carbocycles. The summed E-state index contributed by atoms with van der Waals surface area (Å²) >= 11 is 0. The van der Waals surface area contributed by atoms with Crippen LogP contribution in [0.4, 0.5) is 11.4 Å². The molecule has 2 amide bonds. The Kier molecular flexibility index (Phi) is 7.22. The lowest BCUT2D eigenvalue weighted by Gasteiger charge is -2.11. The van der Waals surface area contributed by atoms with Crippen molar-refractivity contribution in [3.05, 3.63) is 89.5 Å². The number of hydrogen-bond donors (Lipinski definition) is 2. The molecule has 0 unspecified atom stereocenters. The van der Waals surface area contributed by atoms with Crippen LogP contribution in [0.25, 0.3) is 0 Å². The third kappa shape index (κ3) is 6.48. The highest BCUT2D eigenvalue weighted by atomic mass is 16.5. The van der Waals surface area contributed by atoms with Crippen LogP contribution in [0.3, 0.4) is 0 Å². The maximum atomic E-state index is 12.1. The minimum absolute atomic E-state index is 0.0440. The topological polar surface area (TPSA) is 67.4 Å². The fraction of sp³-hybridized carbons (Fsp3) is 0.200. The van der Waals surface area contributed by atoms with Crippen molar-refractivity contribution in [1.29, 1.82) is 0 Å². The van der Waals surface area contributed by atoms with Crippen LogP contribution in [-0.4, -0.2) is 18.4 Å². The number of carbonyl (C=O) groups excluding carboxylic acids is 2. The van der Waals surface area contributed by atoms with E-state index in [0.717, 1.165) is 16.7 Å². The third-order valence-electron chi connectivity index (χ3n) is 4.63. The molecule has 3 aromatic rings. The first-order valence-corrected chi connectivity index (χ1v) is 9.93. The number of hydrogen-bond acceptors (Lipinski definition) is 3. The minimum atomic E-state index is -0.241. The Morgan fingerprint density at radius 2 is 1.43 bits per heavy atom. The van der Waals surface area contributed by atoms with Crippen LogP contribution in [0, 0.1) is 13.8 Å². The van der Waals surface area contributed by atoms with E-state index in [0.29, 0.717) is 30.0 Å². The van der Waals surface area contributed by atoms with E-state index in [1.54, 1.807) is 24.3 Å². The summed E-state index contributed by atoms with van der Waals surface area (Å²) in [7, 11) is 0. The first-order valence-electron chi connectivity index (χ1n) is 9.93. The molecule has 154 valence electrons. The van der Waals surface area contributed by atoms with Crippen molar-refractivity contribution in [3.8, 4) is 5.75 Å². The molecule has 0 aliphatic rings. The van der Waals surface area contributed by atoms with E-state index >= 15 is 0 Å². The van der Waals surface area contributed by atoms with E-state index in [1.165, 1.54) is 0 Å². The maximum Gasteiger partial charge on any atom is 0.262 e. The Balaban J connectivity index is 1.44. The lowest BCUT2D eigenvalue weighted by molar-refractivity contribution is -0.118. The van der Waals surface area contributed by atoms with Crippen molar-refractivity contribution in [3.63, 3.8) is 0 Å². The average molecular weight is 402 g/mol. The second kappa shape index (κ2) is 10.3. The van der Waals surface area contributed by atoms with Gasteiger partial charge in [0, 0.05) is 17.8 Å². The van der Waals surface area contributed by atoms with Crippen LogP contribution >= 0.6 is 0 Å². The lowest BCUT2D eigenvalue weighted by atomic mass is 10.1. The van der Waals surface area contributed by atoms with Gasteiger partial charge in [-0.3, -0.25) is 9.59 Å². The molecular weight excluding hydrogens is 376 g/mol. The number of aryl methyl sites for hydroxylation is 3. The zero-order chi connectivity index (χ0) is 21.3. The van der Waals surface area contributed by atoms with Gasteiger partial charge in [-0.25, -0.2) is 0 Å². The number of amides is 2. The van der Waals surface area contributed by atoms with Crippen molar-refractivity contribution in [2.75, 3.05) is 17.2 Å². The molecule has 0 spiro atoms. The molecular formula is C25H26N2O3. The quantitative estimate of drug-likeness (QED) is 0.564. The second-order valence-corrected chi connectivity index (χ2v) is 7.22. The van der Waals surface area contributed by atoms with Gasteiger partial charge in [0.05, 0.1) is 0 Å². The highest BCUT2D eigenvalue weighted by Gasteiger charge is 2.07. The minimum Gasteiger partial charge on any atom is -0.483 e. The normalized spacial score (nSPS) is 10.3. The molecule has 5 nitrogen and oxygen atoms in total. The first kappa shape index (κ1) is 21.1. The third-order valence-corrected chi connectivity index (χ3v) is 4.63. The smallest absolute Gasteiger partial charge is 0.262 e. The van der Waals surface area contributed by atoms with Gasteiger partial charge in [-0.1, -0.05) is 48.0 Å². The fourth-order valence-corrected chi connectivity index (χ4v) is 3.06. The Morgan fingerprint density at radius 3 is 2.07 bits per heavy atom. The Morgan fingerprint density at radius 1 is 0.800 bits per heavy atom. The monoisotopic (exact) mass is 402 g/mol. The molecule has 0 aromatic heterocycles. The summed E-state index contributed by atoms with van der Waals surface area (Å²) < 4.78 is 5.60. The Hall–Kier alpha value is -3.60. The largest absolute Gasteiger partial charge is 0.483 e. The number of nitrogens with one attached hydrogen (secondary N) is 2. The van der Waals surface area contributed by atoms with Crippen LogP contribution in [0.15, 0.2) is 72.8 Å².